The van der Waals surface area contributed by atoms with Gasteiger partial charge in [0.25, 0.3) is 5.91 Å². The van der Waals surface area contributed by atoms with Gasteiger partial charge in [-0.3, -0.25) is 4.79 Å². The van der Waals surface area contributed by atoms with E-state index in [2.05, 4.69) is 31.7 Å². The van der Waals surface area contributed by atoms with E-state index in [0.29, 0.717) is 17.3 Å². The molecule has 2 heterocycles. The molecule has 0 saturated carbocycles. The maximum Gasteiger partial charge on any atom is 0.379 e. The van der Waals surface area contributed by atoms with E-state index in [1.165, 1.54) is 19.2 Å². The number of methoxy groups -OCH3 is 2. The summed E-state index contributed by atoms with van der Waals surface area (Å²) < 4.78 is 22.2. The molecule has 1 amide bonds. The number of nitrogens with one attached hydrogen (secondary N) is 2. The van der Waals surface area contributed by atoms with E-state index in [4.69, 9.17) is 21.1 Å². The molecule has 1 saturated heterocycles. The lowest BCUT2D eigenvalue weighted by molar-refractivity contribution is -0.0788. The first-order valence-corrected chi connectivity index (χ1v) is 11.7. The quantitative estimate of drug-likeness (QED) is 0.504. The number of allylic oxidation sites excluding steroid dienone is 2. The van der Waals surface area contributed by atoms with Gasteiger partial charge in [-0.2, -0.15) is 0 Å². The van der Waals surface area contributed by atoms with Crippen LogP contribution in [0.4, 0.5) is 4.53 Å². The number of H-pyrrole nitrogens is 1. The standard InChI is InChI=1S/C13H21ClN4O2.C12H11FO3/c1-4-8-11(14)17-12(15-8)13(19)16-9-5-6-18(2)7-10(9)20-3;1-3-4-5-9-6-7-10(12(14)16-13)8-11(9)15-2/h9-10H,4-7H2,1-3H3,(H,15,17)(H,16,19);3-8H,1H2,2H3/b;5-4+/t9?,10-;/m0./s1. The minimum absolute atomic E-state index is 0.00217. The molecule has 2 aromatic rings. The van der Waals surface area contributed by atoms with Gasteiger partial charge in [0, 0.05) is 23.7 Å². The Bertz CT molecular complexity index is 1070. The molecule has 1 unspecified atom stereocenters. The Balaban J connectivity index is 0.000000261. The molecule has 1 aromatic heterocycles. The van der Waals surface area contributed by atoms with Crippen molar-refractivity contribution in [3.63, 3.8) is 0 Å². The number of aryl methyl sites for hydroxylation is 1. The SMILES string of the molecule is C=C/C=C/c1ccc(C(=O)OF)cc1OC.CCc1[nH]c(C(=O)NC2CCN(C)C[C@@H]2OC)nc1Cl. The molecule has 0 spiro atoms. The van der Waals surface area contributed by atoms with Crippen molar-refractivity contribution in [2.75, 3.05) is 34.4 Å². The van der Waals surface area contributed by atoms with Gasteiger partial charge in [-0.15, -0.1) is 0 Å². The highest BCUT2D eigenvalue weighted by molar-refractivity contribution is 6.30. The van der Waals surface area contributed by atoms with Gasteiger partial charge in [-0.1, -0.05) is 49.4 Å². The van der Waals surface area contributed by atoms with Crippen LogP contribution in [0, 0.1) is 0 Å². The van der Waals surface area contributed by atoms with E-state index in [-0.39, 0.29) is 29.4 Å². The number of hydrogen-bond donors (Lipinski definition) is 2. The molecule has 3 rings (SSSR count). The normalized spacial score (nSPS) is 17.7. The molecule has 9 nitrogen and oxygen atoms in total. The molecule has 196 valence electrons. The number of halogens is 2. The van der Waals surface area contributed by atoms with Crippen molar-refractivity contribution in [1.29, 1.82) is 0 Å². The van der Waals surface area contributed by atoms with Gasteiger partial charge in [0.2, 0.25) is 0 Å². The summed E-state index contributed by atoms with van der Waals surface area (Å²) in [5.74, 6) is -0.553. The summed E-state index contributed by atoms with van der Waals surface area (Å²) in [5, 5.41) is 3.34. The van der Waals surface area contributed by atoms with Crippen LogP contribution in [0.1, 0.15) is 45.6 Å². The molecule has 1 aliphatic heterocycles. The Morgan fingerprint density at radius 1 is 1.39 bits per heavy atom. The number of hydrogen-bond acceptors (Lipinski definition) is 7. The number of carbonyl (C=O) groups excluding carboxylic acids is 2. The second kappa shape index (κ2) is 14.4. The van der Waals surface area contributed by atoms with Crippen LogP contribution >= 0.6 is 11.6 Å². The minimum Gasteiger partial charge on any atom is -0.496 e. The zero-order chi connectivity index (χ0) is 26.7. The molecule has 0 aliphatic carbocycles. The Morgan fingerprint density at radius 3 is 2.72 bits per heavy atom. The van der Waals surface area contributed by atoms with Gasteiger partial charge in [0.1, 0.15) is 5.75 Å². The molecule has 2 N–H and O–H groups in total. The number of likely N-dealkylation sites (N-methyl/N-ethyl adjacent to an activating group) is 1. The van der Waals surface area contributed by atoms with Gasteiger partial charge in [-0.25, -0.2) is 14.7 Å². The summed E-state index contributed by atoms with van der Waals surface area (Å²) in [6, 6.07) is 4.49. The predicted octanol–water partition coefficient (Wildman–Crippen LogP) is 4.01. The number of rotatable bonds is 8. The van der Waals surface area contributed by atoms with Crippen molar-refractivity contribution in [2.45, 2.75) is 31.9 Å². The summed E-state index contributed by atoms with van der Waals surface area (Å²) in [6.07, 6.45) is 6.67. The maximum absolute atomic E-state index is 12.2. The fourth-order valence-electron chi connectivity index (χ4n) is 3.63. The van der Waals surface area contributed by atoms with Crippen LogP contribution in [0.2, 0.25) is 5.15 Å². The van der Waals surface area contributed by atoms with Gasteiger partial charge in [0.15, 0.2) is 11.0 Å². The average Bonchev–Trinajstić information content (AvgIpc) is 3.28. The van der Waals surface area contributed by atoms with Crippen molar-refractivity contribution in [3.8, 4) is 5.75 Å². The van der Waals surface area contributed by atoms with Gasteiger partial charge >= 0.3 is 5.97 Å². The van der Waals surface area contributed by atoms with Crippen molar-refractivity contribution < 1.29 is 28.5 Å². The molecule has 1 fully saturated rings. The predicted molar refractivity (Wildman–Crippen MR) is 136 cm³/mol. The molecule has 2 atom stereocenters. The van der Waals surface area contributed by atoms with Crippen LogP contribution in [-0.4, -0.2) is 73.2 Å². The number of benzene rings is 1. The summed E-state index contributed by atoms with van der Waals surface area (Å²) >= 11 is 5.95. The fourth-order valence-corrected chi connectivity index (χ4v) is 3.90. The molecular weight excluding hydrogens is 491 g/mol. The van der Waals surface area contributed by atoms with E-state index in [1.54, 1.807) is 31.4 Å². The Labute approximate surface area is 215 Å². The number of aromatic nitrogens is 2. The number of imidazole rings is 1. The van der Waals surface area contributed by atoms with E-state index in [9.17, 15) is 14.1 Å². The van der Waals surface area contributed by atoms with Gasteiger partial charge in [-0.05, 0) is 38.6 Å². The van der Waals surface area contributed by atoms with Crippen LogP contribution < -0.4 is 10.1 Å². The molecule has 11 heteroatoms. The second-order valence-electron chi connectivity index (χ2n) is 8.03. The molecule has 36 heavy (non-hydrogen) atoms. The zero-order valence-corrected chi connectivity index (χ0v) is 21.6. The topological polar surface area (TPSA) is 106 Å². The number of likely N-dealkylation sites (tertiary alicyclic amines) is 1. The van der Waals surface area contributed by atoms with E-state index < -0.39 is 5.97 Å². The van der Waals surface area contributed by atoms with Gasteiger partial charge < -0.3 is 24.7 Å². The fraction of sp³-hybridized carbons (Fsp3) is 0.400. The lowest BCUT2D eigenvalue weighted by atomic mass is 10.0. The number of piperidine rings is 1. The van der Waals surface area contributed by atoms with Gasteiger partial charge in [0.05, 0.1) is 30.5 Å². The summed E-state index contributed by atoms with van der Waals surface area (Å²) in [4.78, 5) is 35.5. The van der Waals surface area contributed by atoms with E-state index in [1.807, 2.05) is 14.0 Å². The Hall–Kier alpha value is -3.21. The first kappa shape index (κ1) is 29.0. The van der Waals surface area contributed by atoms with E-state index in [0.717, 1.165) is 30.8 Å². The number of aromatic amines is 1. The average molecular weight is 523 g/mol. The largest absolute Gasteiger partial charge is 0.496 e. The third kappa shape index (κ3) is 7.91. The smallest absolute Gasteiger partial charge is 0.379 e. The highest BCUT2D eigenvalue weighted by Gasteiger charge is 2.29. The van der Waals surface area contributed by atoms with Crippen LogP contribution in [0.25, 0.3) is 6.08 Å². The van der Waals surface area contributed by atoms with Crippen LogP contribution in [-0.2, 0) is 16.1 Å². The van der Waals surface area contributed by atoms with Crippen molar-refractivity contribution in [3.05, 3.63) is 64.7 Å². The summed E-state index contributed by atoms with van der Waals surface area (Å²) in [5.41, 5.74) is 1.64. The number of amides is 1. The van der Waals surface area contributed by atoms with Crippen LogP contribution in [0.15, 0.2) is 36.9 Å². The molecule has 0 radical (unpaired) electrons. The number of ether oxygens (including phenoxy) is 2. The van der Waals surface area contributed by atoms with Crippen LogP contribution in [0.3, 0.4) is 0 Å². The summed E-state index contributed by atoms with van der Waals surface area (Å²) in [7, 11) is 5.18. The lowest BCUT2D eigenvalue weighted by Crippen LogP contribution is -2.54. The summed E-state index contributed by atoms with van der Waals surface area (Å²) in [6.45, 7) is 7.24. The first-order valence-electron chi connectivity index (χ1n) is 11.3. The third-order valence-corrected chi connectivity index (χ3v) is 5.94. The number of carbonyl (C=O) groups is 2. The highest BCUT2D eigenvalue weighted by Crippen LogP contribution is 2.22. The van der Waals surface area contributed by atoms with Crippen molar-refractivity contribution in [2.24, 2.45) is 0 Å². The molecular formula is C25H32ClFN4O5. The Kier molecular flexibility index (Phi) is 11.6. The van der Waals surface area contributed by atoms with Crippen LogP contribution in [0.5, 0.6) is 5.75 Å². The monoisotopic (exact) mass is 522 g/mol. The minimum atomic E-state index is -1.04. The zero-order valence-electron chi connectivity index (χ0n) is 20.8. The Morgan fingerprint density at radius 2 is 2.14 bits per heavy atom. The van der Waals surface area contributed by atoms with Crippen molar-refractivity contribution in [1.82, 2.24) is 20.2 Å². The molecule has 1 aromatic carbocycles. The number of nitrogens with zero attached hydrogens (tertiary/aromatic N) is 2. The highest BCUT2D eigenvalue weighted by atomic mass is 35.5. The maximum atomic E-state index is 12.2. The molecule has 0 bridgehead atoms. The third-order valence-electron chi connectivity index (χ3n) is 5.63. The molecule has 1 aliphatic rings. The second-order valence-corrected chi connectivity index (χ2v) is 8.39. The van der Waals surface area contributed by atoms with Crippen molar-refractivity contribution >= 4 is 29.6 Å². The van der Waals surface area contributed by atoms with E-state index >= 15 is 0 Å². The first-order chi connectivity index (χ1) is 17.3. The lowest BCUT2D eigenvalue weighted by Gasteiger charge is -2.35.